The van der Waals surface area contributed by atoms with Crippen molar-refractivity contribution in [1.29, 1.82) is 0 Å². The maximum Gasteiger partial charge on any atom is 0.196 e. The molecule has 3 aromatic heterocycles. The molecule has 1 unspecified atom stereocenters. The standard InChI is InChI=1S/C20H15FN6S/c1-20(21,13-5-6-16-17(10-13)28-11-23-16)19-25-24-18-8-7-15(26-27(18)19)12-3-2-4-14(22)9-12/h2-11H,22H2,1H3. The molecule has 8 heteroatoms. The van der Waals surface area contributed by atoms with E-state index < -0.39 is 5.67 Å². The Morgan fingerprint density at radius 1 is 1.07 bits per heavy atom. The van der Waals surface area contributed by atoms with Crippen molar-refractivity contribution in [3.63, 3.8) is 0 Å². The molecule has 0 radical (unpaired) electrons. The van der Waals surface area contributed by atoms with Gasteiger partial charge < -0.3 is 5.73 Å². The Labute approximate surface area is 163 Å². The van der Waals surface area contributed by atoms with Crippen molar-refractivity contribution < 1.29 is 4.39 Å². The van der Waals surface area contributed by atoms with Crippen molar-refractivity contribution in [3.8, 4) is 11.3 Å². The van der Waals surface area contributed by atoms with Crippen LogP contribution >= 0.6 is 11.3 Å². The third-order valence-corrected chi connectivity index (χ3v) is 5.53. The minimum absolute atomic E-state index is 0.122. The highest BCUT2D eigenvalue weighted by molar-refractivity contribution is 7.16. The number of rotatable bonds is 3. The Balaban J connectivity index is 1.66. The maximum atomic E-state index is 16.0. The van der Waals surface area contributed by atoms with Crippen molar-refractivity contribution >= 4 is 32.9 Å². The molecule has 2 N–H and O–H groups in total. The van der Waals surface area contributed by atoms with Crippen molar-refractivity contribution in [2.45, 2.75) is 12.6 Å². The summed E-state index contributed by atoms with van der Waals surface area (Å²) in [5.41, 5.74) is 9.69. The number of nitrogen functional groups attached to an aromatic ring is 1. The highest BCUT2D eigenvalue weighted by Gasteiger charge is 2.35. The molecule has 0 saturated heterocycles. The molecule has 0 amide bonds. The Kier molecular flexibility index (Phi) is 3.63. The predicted octanol–water partition coefficient (Wildman–Crippen LogP) is 4.22. The first-order valence-corrected chi connectivity index (χ1v) is 9.52. The van der Waals surface area contributed by atoms with E-state index in [2.05, 4.69) is 20.3 Å². The van der Waals surface area contributed by atoms with Gasteiger partial charge in [0.15, 0.2) is 17.1 Å². The van der Waals surface area contributed by atoms with Crippen LogP contribution in [0.2, 0.25) is 0 Å². The largest absolute Gasteiger partial charge is 0.399 e. The van der Waals surface area contributed by atoms with E-state index in [1.165, 1.54) is 22.8 Å². The average Bonchev–Trinajstić information content (AvgIpc) is 3.33. The monoisotopic (exact) mass is 390 g/mol. The summed E-state index contributed by atoms with van der Waals surface area (Å²) >= 11 is 1.47. The second-order valence-electron chi connectivity index (χ2n) is 6.68. The molecule has 0 aliphatic heterocycles. The molecule has 0 aliphatic carbocycles. The Bertz CT molecular complexity index is 1320. The maximum absolute atomic E-state index is 16.0. The summed E-state index contributed by atoms with van der Waals surface area (Å²) in [5, 5.41) is 12.8. The quantitative estimate of drug-likeness (QED) is 0.467. The summed E-state index contributed by atoms with van der Waals surface area (Å²) in [7, 11) is 0. The molecule has 0 saturated carbocycles. The number of hydrogen-bond acceptors (Lipinski definition) is 6. The Morgan fingerprint density at radius 3 is 2.82 bits per heavy atom. The van der Waals surface area contributed by atoms with Crippen LogP contribution in [0.1, 0.15) is 18.3 Å². The average molecular weight is 390 g/mol. The zero-order valence-corrected chi connectivity index (χ0v) is 15.7. The zero-order chi connectivity index (χ0) is 19.3. The van der Waals surface area contributed by atoms with Gasteiger partial charge in [0.25, 0.3) is 0 Å². The van der Waals surface area contributed by atoms with Crippen LogP contribution in [-0.4, -0.2) is 24.8 Å². The molecule has 28 heavy (non-hydrogen) atoms. The molecule has 0 bridgehead atoms. The lowest BCUT2D eigenvalue weighted by molar-refractivity contribution is 0.232. The van der Waals surface area contributed by atoms with E-state index in [0.717, 1.165) is 15.8 Å². The molecule has 5 aromatic rings. The number of nitrogens with zero attached hydrogens (tertiary/aromatic N) is 5. The van der Waals surface area contributed by atoms with Gasteiger partial charge in [-0.15, -0.1) is 21.5 Å². The summed E-state index contributed by atoms with van der Waals surface area (Å²) in [6.45, 7) is 1.47. The van der Waals surface area contributed by atoms with E-state index >= 15 is 4.39 Å². The van der Waals surface area contributed by atoms with E-state index in [0.29, 0.717) is 22.6 Å². The van der Waals surface area contributed by atoms with E-state index in [1.54, 1.807) is 29.8 Å². The van der Waals surface area contributed by atoms with Crippen LogP contribution in [0.5, 0.6) is 0 Å². The van der Waals surface area contributed by atoms with Crippen LogP contribution in [0.25, 0.3) is 27.1 Å². The molecular weight excluding hydrogens is 375 g/mol. The minimum atomic E-state index is -1.88. The molecule has 0 spiro atoms. The van der Waals surface area contributed by atoms with Gasteiger partial charge in [0.1, 0.15) is 0 Å². The first-order chi connectivity index (χ1) is 13.5. The van der Waals surface area contributed by atoms with Crippen molar-refractivity contribution in [2.24, 2.45) is 0 Å². The van der Waals surface area contributed by atoms with E-state index in [1.807, 2.05) is 30.3 Å². The van der Waals surface area contributed by atoms with Gasteiger partial charge in [-0.1, -0.05) is 18.2 Å². The van der Waals surface area contributed by atoms with Crippen molar-refractivity contribution in [3.05, 3.63) is 71.5 Å². The van der Waals surface area contributed by atoms with Gasteiger partial charge in [-0.2, -0.15) is 9.61 Å². The highest BCUT2D eigenvalue weighted by atomic mass is 32.1. The van der Waals surface area contributed by atoms with Gasteiger partial charge >= 0.3 is 0 Å². The number of nitrogens with two attached hydrogens (primary N) is 1. The van der Waals surface area contributed by atoms with Gasteiger partial charge in [-0.3, -0.25) is 0 Å². The first-order valence-electron chi connectivity index (χ1n) is 8.64. The number of benzene rings is 2. The summed E-state index contributed by atoms with van der Waals surface area (Å²) in [5.74, 6) is 0.122. The Morgan fingerprint density at radius 2 is 1.96 bits per heavy atom. The fourth-order valence-corrected chi connectivity index (χ4v) is 3.93. The molecule has 1 atom stereocenters. The molecule has 5 rings (SSSR count). The van der Waals surface area contributed by atoms with E-state index in [-0.39, 0.29) is 5.82 Å². The second-order valence-corrected chi connectivity index (χ2v) is 7.56. The SMILES string of the molecule is CC(F)(c1ccc2ncsc2c1)c1nnc2ccc(-c3cccc(N)c3)nn12. The topological polar surface area (TPSA) is 82.0 Å². The van der Waals surface area contributed by atoms with Crippen molar-refractivity contribution in [2.75, 3.05) is 5.73 Å². The number of halogens is 1. The fraction of sp³-hybridized carbons (Fsp3) is 0.100. The minimum Gasteiger partial charge on any atom is -0.399 e. The predicted molar refractivity (Wildman–Crippen MR) is 108 cm³/mol. The highest BCUT2D eigenvalue weighted by Crippen LogP contribution is 2.35. The van der Waals surface area contributed by atoms with Gasteiger partial charge in [0.05, 0.1) is 21.4 Å². The van der Waals surface area contributed by atoms with Gasteiger partial charge in [0.2, 0.25) is 0 Å². The second kappa shape index (κ2) is 6.07. The number of aromatic nitrogens is 5. The molecule has 138 valence electrons. The van der Waals surface area contributed by atoms with Gasteiger partial charge in [0, 0.05) is 11.3 Å². The van der Waals surface area contributed by atoms with Crippen LogP contribution in [0.15, 0.2) is 60.1 Å². The van der Waals surface area contributed by atoms with E-state index in [9.17, 15) is 0 Å². The van der Waals surface area contributed by atoms with E-state index in [4.69, 9.17) is 5.73 Å². The van der Waals surface area contributed by atoms with Crippen LogP contribution in [0.4, 0.5) is 10.1 Å². The van der Waals surface area contributed by atoms with Crippen molar-refractivity contribution in [1.82, 2.24) is 24.8 Å². The zero-order valence-electron chi connectivity index (χ0n) is 14.9. The molecule has 2 aromatic carbocycles. The van der Waals surface area contributed by atoms with Crippen LogP contribution in [0.3, 0.4) is 0 Å². The van der Waals surface area contributed by atoms with Crippen LogP contribution in [-0.2, 0) is 5.67 Å². The summed E-state index contributed by atoms with van der Waals surface area (Å²) < 4.78 is 18.3. The summed E-state index contributed by atoms with van der Waals surface area (Å²) in [6.07, 6.45) is 0. The van der Waals surface area contributed by atoms with Crippen LogP contribution in [0, 0.1) is 0 Å². The van der Waals surface area contributed by atoms with Crippen LogP contribution < -0.4 is 5.73 Å². The number of alkyl halides is 1. The lowest BCUT2D eigenvalue weighted by atomic mass is 9.97. The molecule has 6 nitrogen and oxygen atoms in total. The third-order valence-electron chi connectivity index (χ3n) is 4.74. The smallest absolute Gasteiger partial charge is 0.196 e. The van der Waals surface area contributed by atoms with Gasteiger partial charge in [-0.05, 0) is 48.9 Å². The molecular formula is C20H15FN6S. The lowest BCUT2D eigenvalue weighted by Gasteiger charge is -2.18. The number of anilines is 1. The summed E-state index contributed by atoms with van der Waals surface area (Å²) in [6, 6.07) is 16.3. The lowest BCUT2D eigenvalue weighted by Crippen LogP contribution is -2.21. The third kappa shape index (κ3) is 2.61. The summed E-state index contributed by atoms with van der Waals surface area (Å²) in [4.78, 5) is 4.25. The van der Waals surface area contributed by atoms with Gasteiger partial charge in [-0.25, -0.2) is 9.37 Å². The molecule has 3 heterocycles. The molecule has 0 fully saturated rings. The molecule has 0 aliphatic rings. The Hall–Kier alpha value is -3.39. The fourth-order valence-electron chi connectivity index (χ4n) is 3.21. The first kappa shape index (κ1) is 16.8. The number of thiazole rings is 1. The normalized spacial score (nSPS) is 13.8. The number of fused-ring (bicyclic) bond motifs is 2. The number of hydrogen-bond donors (Lipinski definition) is 1.